The van der Waals surface area contributed by atoms with Crippen LogP contribution in [0, 0.1) is 18.6 Å². The molecule has 1 N–H and O–H groups in total. The zero-order valence-corrected chi connectivity index (χ0v) is 13.3. The highest BCUT2D eigenvalue weighted by Gasteiger charge is 2.35. The number of nitrogens with one attached hydrogen (secondary N) is 1. The number of nitrogens with zero attached hydrogens (tertiary/aromatic N) is 5. The van der Waals surface area contributed by atoms with E-state index in [0.717, 1.165) is 17.0 Å². The summed E-state index contributed by atoms with van der Waals surface area (Å²) in [4.78, 5) is 22.0. The number of rotatable bonds is 3. The summed E-state index contributed by atoms with van der Waals surface area (Å²) >= 11 is 0. The molecule has 2 aromatic heterocycles. The minimum absolute atomic E-state index is 0.221. The van der Waals surface area contributed by atoms with E-state index in [2.05, 4.69) is 20.4 Å². The van der Waals surface area contributed by atoms with Crippen molar-refractivity contribution in [3.63, 3.8) is 0 Å². The first kappa shape index (κ1) is 15.4. The second-order valence-corrected chi connectivity index (χ2v) is 5.80. The number of anilines is 2. The average molecular weight is 344 g/mol. The molecule has 0 aliphatic carbocycles. The van der Waals surface area contributed by atoms with E-state index in [9.17, 15) is 13.6 Å². The predicted molar refractivity (Wildman–Crippen MR) is 86.3 cm³/mol. The van der Waals surface area contributed by atoms with Crippen LogP contribution in [0.3, 0.4) is 0 Å². The van der Waals surface area contributed by atoms with Crippen molar-refractivity contribution in [1.29, 1.82) is 0 Å². The summed E-state index contributed by atoms with van der Waals surface area (Å²) in [5.41, 5.74) is 0.402. The number of hydrogen-bond donors (Lipinski definition) is 1. The second kappa shape index (κ2) is 5.76. The molecule has 3 aromatic rings. The Bertz CT molecular complexity index is 952. The highest BCUT2D eigenvalue weighted by atomic mass is 19.1. The van der Waals surface area contributed by atoms with Crippen LogP contribution in [-0.2, 0) is 4.79 Å². The molecule has 3 heterocycles. The third-order valence-corrected chi connectivity index (χ3v) is 4.11. The monoisotopic (exact) mass is 344 g/mol. The van der Waals surface area contributed by atoms with E-state index < -0.39 is 23.6 Å². The number of aromatic nitrogens is 4. The Balaban J connectivity index is 1.63. The van der Waals surface area contributed by atoms with E-state index in [-0.39, 0.29) is 12.2 Å². The maximum Gasteiger partial charge on any atom is 0.254 e. The number of aryl methyl sites for hydroxylation is 1. The van der Waals surface area contributed by atoms with E-state index in [1.165, 1.54) is 16.9 Å². The Morgan fingerprint density at radius 1 is 1.28 bits per heavy atom. The molecule has 4 rings (SSSR count). The largest absolute Gasteiger partial charge is 0.358 e. The molecule has 0 saturated carbocycles. The molecular formula is C16H14F2N6O. The van der Waals surface area contributed by atoms with E-state index >= 15 is 0 Å². The van der Waals surface area contributed by atoms with E-state index in [4.69, 9.17) is 0 Å². The number of halogens is 2. The normalized spacial score (nSPS) is 17.5. The molecule has 1 aliphatic heterocycles. The zero-order valence-electron chi connectivity index (χ0n) is 13.3. The van der Waals surface area contributed by atoms with Gasteiger partial charge in [-0.25, -0.2) is 13.8 Å². The third-order valence-electron chi connectivity index (χ3n) is 4.11. The van der Waals surface area contributed by atoms with Crippen LogP contribution in [0.4, 0.5) is 20.3 Å². The highest BCUT2D eigenvalue weighted by molar-refractivity contribution is 6.01. The van der Waals surface area contributed by atoms with E-state index in [1.807, 2.05) is 0 Å². The molecule has 1 fully saturated rings. The summed E-state index contributed by atoms with van der Waals surface area (Å²) in [6, 6.07) is 4.66. The van der Waals surface area contributed by atoms with Gasteiger partial charge in [0, 0.05) is 18.3 Å². The van der Waals surface area contributed by atoms with Gasteiger partial charge in [0.2, 0.25) is 5.91 Å². The Morgan fingerprint density at radius 2 is 2.04 bits per heavy atom. The molecule has 1 aromatic carbocycles. The van der Waals surface area contributed by atoms with Crippen LogP contribution in [0.5, 0.6) is 0 Å². The van der Waals surface area contributed by atoms with Gasteiger partial charge >= 0.3 is 0 Å². The van der Waals surface area contributed by atoms with Crippen LogP contribution in [0.2, 0.25) is 0 Å². The maximum atomic E-state index is 14.0. The summed E-state index contributed by atoms with van der Waals surface area (Å²) < 4.78 is 29.4. The minimum atomic E-state index is -0.757. The number of fused-ring (bicyclic) bond motifs is 1. The summed E-state index contributed by atoms with van der Waals surface area (Å²) in [6.45, 7) is 2.02. The first-order valence-electron chi connectivity index (χ1n) is 7.74. The van der Waals surface area contributed by atoms with Gasteiger partial charge in [-0.05, 0) is 25.5 Å². The molecule has 0 spiro atoms. The van der Waals surface area contributed by atoms with Crippen LogP contribution in [0.15, 0.2) is 30.6 Å². The Morgan fingerprint density at radius 3 is 2.80 bits per heavy atom. The van der Waals surface area contributed by atoms with Crippen molar-refractivity contribution in [2.75, 3.05) is 16.8 Å². The van der Waals surface area contributed by atoms with Crippen LogP contribution in [0.1, 0.15) is 12.1 Å². The van der Waals surface area contributed by atoms with Crippen molar-refractivity contribution in [2.24, 2.45) is 0 Å². The minimum Gasteiger partial charge on any atom is -0.358 e. The lowest BCUT2D eigenvalue weighted by molar-refractivity contribution is -0.117. The van der Waals surface area contributed by atoms with Crippen LogP contribution >= 0.6 is 0 Å². The number of benzene rings is 1. The topological polar surface area (TPSA) is 75.4 Å². The fraction of sp³-hybridized carbons (Fsp3) is 0.250. The third kappa shape index (κ3) is 2.57. The van der Waals surface area contributed by atoms with Crippen LogP contribution < -0.4 is 10.2 Å². The van der Waals surface area contributed by atoms with Crippen molar-refractivity contribution in [2.45, 2.75) is 19.4 Å². The first-order chi connectivity index (χ1) is 12.0. The fourth-order valence-electron chi connectivity index (χ4n) is 2.99. The van der Waals surface area contributed by atoms with E-state index in [1.54, 1.807) is 13.0 Å². The van der Waals surface area contributed by atoms with Gasteiger partial charge in [0.05, 0.1) is 0 Å². The fourth-order valence-corrected chi connectivity index (χ4v) is 2.99. The molecule has 7 nitrogen and oxygen atoms in total. The Kier molecular flexibility index (Phi) is 3.56. The molecule has 1 aliphatic rings. The van der Waals surface area contributed by atoms with Gasteiger partial charge in [-0.2, -0.15) is 14.6 Å². The number of carbonyl (C=O) groups excluding carboxylic acids is 1. The summed E-state index contributed by atoms with van der Waals surface area (Å²) in [6.07, 6.45) is 1.77. The first-order valence-corrected chi connectivity index (χ1v) is 7.74. The molecule has 25 heavy (non-hydrogen) atoms. The molecule has 0 bridgehead atoms. The Labute approximate surface area is 141 Å². The van der Waals surface area contributed by atoms with Crippen molar-refractivity contribution in [3.8, 4) is 0 Å². The van der Waals surface area contributed by atoms with Crippen molar-refractivity contribution in [1.82, 2.24) is 19.6 Å². The summed E-state index contributed by atoms with van der Waals surface area (Å²) in [5, 5.41) is 7.15. The lowest BCUT2D eigenvalue weighted by Crippen LogP contribution is -2.35. The molecule has 1 amide bonds. The van der Waals surface area contributed by atoms with Gasteiger partial charge < -0.3 is 10.2 Å². The van der Waals surface area contributed by atoms with Crippen molar-refractivity contribution < 1.29 is 13.6 Å². The lowest BCUT2D eigenvalue weighted by Gasteiger charge is -2.19. The molecule has 0 radical (unpaired) electrons. The quantitative estimate of drug-likeness (QED) is 0.786. The van der Waals surface area contributed by atoms with Crippen LogP contribution in [-0.4, -0.2) is 38.1 Å². The van der Waals surface area contributed by atoms with Gasteiger partial charge in [0.25, 0.3) is 5.78 Å². The van der Waals surface area contributed by atoms with Crippen LogP contribution in [0.25, 0.3) is 5.78 Å². The van der Waals surface area contributed by atoms with Gasteiger partial charge in [0.1, 0.15) is 35.5 Å². The molecule has 9 heteroatoms. The Hall–Kier alpha value is -3.10. The molecule has 1 saturated heterocycles. The van der Waals surface area contributed by atoms with Gasteiger partial charge in [-0.3, -0.25) is 4.79 Å². The maximum absolute atomic E-state index is 14.0. The standard InChI is InChI=1S/C16H14F2N6O/c1-9-7-13(24-16(21-9)19-8-20-24)22-12-5-6-23(15(12)25)14-10(17)3-2-4-11(14)18/h2-4,7-8,12,22H,5-6H2,1H3. The smallest absolute Gasteiger partial charge is 0.254 e. The SMILES string of the molecule is Cc1cc(NC2CCN(c3c(F)cccc3F)C2=O)n2ncnc2n1. The molecule has 1 unspecified atom stereocenters. The average Bonchev–Trinajstić information content (AvgIpc) is 3.16. The number of amides is 1. The molecular weight excluding hydrogens is 330 g/mol. The van der Waals surface area contributed by atoms with E-state index in [0.29, 0.717) is 23.7 Å². The van der Waals surface area contributed by atoms with Gasteiger partial charge in [-0.15, -0.1) is 0 Å². The summed E-state index contributed by atoms with van der Waals surface area (Å²) in [7, 11) is 0. The number of carbonyl (C=O) groups is 1. The highest BCUT2D eigenvalue weighted by Crippen LogP contribution is 2.28. The lowest BCUT2D eigenvalue weighted by atomic mass is 10.2. The van der Waals surface area contributed by atoms with Gasteiger partial charge in [0.15, 0.2) is 0 Å². The summed E-state index contributed by atoms with van der Waals surface area (Å²) in [5.74, 6) is -0.953. The number of para-hydroxylation sites is 1. The van der Waals surface area contributed by atoms with Crippen molar-refractivity contribution >= 4 is 23.2 Å². The second-order valence-electron chi connectivity index (χ2n) is 5.80. The predicted octanol–water partition coefficient (Wildman–Crippen LogP) is 1.93. The van der Waals surface area contributed by atoms with Crippen molar-refractivity contribution in [3.05, 3.63) is 47.9 Å². The van der Waals surface area contributed by atoms with Gasteiger partial charge in [-0.1, -0.05) is 6.07 Å². The molecule has 128 valence electrons. The zero-order chi connectivity index (χ0) is 17.6. The number of hydrogen-bond acceptors (Lipinski definition) is 5. The molecule has 1 atom stereocenters.